The molecule has 1 heterocycles. The average Bonchev–Trinajstić information content (AvgIpc) is 3.20. The Kier molecular flexibility index (Phi) is 3.12. The molecule has 1 aliphatic heterocycles. The Morgan fingerprint density at radius 3 is 2.35 bits per heavy atom. The van der Waals surface area contributed by atoms with E-state index < -0.39 is 0 Å². The summed E-state index contributed by atoms with van der Waals surface area (Å²) in [6, 6.07) is 0.0639. The molecular weight excluding hydrogens is 212 g/mol. The molecule has 0 radical (unpaired) electrons. The van der Waals surface area contributed by atoms with Gasteiger partial charge in [-0.1, -0.05) is 6.92 Å². The van der Waals surface area contributed by atoms with Gasteiger partial charge in [0.25, 0.3) is 0 Å². The molecule has 2 saturated carbocycles. The minimum Gasteiger partial charge on any atom is -0.354 e. The lowest BCUT2D eigenvalue weighted by atomic mass is 9.97. The van der Waals surface area contributed by atoms with Crippen molar-refractivity contribution in [2.75, 3.05) is 13.1 Å². The predicted molar refractivity (Wildman–Crippen MR) is 67.5 cm³/mol. The maximum atomic E-state index is 12.1. The highest BCUT2D eigenvalue weighted by Crippen LogP contribution is 2.48. The second-order valence-corrected chi connectivity index (χ2v) is 6.28. The van der Waals surface area contributed by atoms with Crippen LogP contribution < -0.4 is 10.6 Å². The first-order valence-corrected chi connectivity index (χ1v) is 7.27. The molecule has 96 valence electrons. The van der Waals surface area contributed by atoms with Crippen LogP contribution in [0, 0.1) is 23.7 Å². The van der Waals surface area contributed by atoms with Gasteiger partial charge in [-0.25, -0.2) is 0 Å². The highest BCUT2D eigenvalue weighted by atomic mass is 16.2. The number of carbonyl (C=O) groups excluding carboxylic acids is 1. The summed E-state index contributed by atoms with van der Waals surface area (Å²) in [5, 5.41) is 6.50. The SMILES string of the molecule is CC1CCNC1C(=O)NCC(C1CC1)C1CC1. The van der Waals surface area contributed by atoms with Gasteiger partial charge >= 0.3 is 0 Å². The summed E-state index contributed by atoms with van der Waals surface area (Å²) < 4.78 is 0. The summed E-state index contributed by atoms with van der Waals surface area (Å²) in [7, 11) is 0. The average molecular weight is 236 g/mol. The molecule has 2 N–H and O–H groups in total. The van der Waals surface area contributed by atoms with Crippen molar-refractivity contribution >= 4 is 5.91 Å². The molecule has 1 saturated heterocycles. The van der Waals surface area contributed by atoms with Crippen LogP contribution in [0.15, 0.2) is 0 Å². The third-order valence-corrected chi connectivity index (χ3v) is 4.78. The summed E-state index contributed by atoms with van der Waals surface area (Å²) >= 11 is 0. The van der Waals surface area contributed by atoms with Crippen LogP contribution in [-0.2, 0) is 4.79 Å². The fraction of sp³-hybridized carbons (Fsp3) is 0.929. The molecule has 0 aromatic rings. The molecular formula is C14H24N2O. The first-order valence-electron chi connectivity index (χ1n) is 7.27. The van der Waals surface area contributed by atoms with E-state index in [0.29, 0.717) is 5.92 Å². The van der Waals surface area contributed by atoms with Crippen LogP contribution in [0.3, 0.4) is 0 Å². The largest absolute Gasteiger partial charge is 0.354 e. The predicted octanol–water partition coefficient (Wildman–Crippen LogP) is 1.54. The van der Waals surface area contributed by atoms with Crippen molar-refractivity contribution in [3.63, 3.8) is 0 Å². The van der Waals surface area contributed by atoms with Crippen molar-refractivity contribution in [3.05, 3.63) is 0 Å². The van der Waals surface area contributed by atoms with Gasteiger partial charge in [0, 0.05) is 6.54 Å². The van der Waals surface area contributed by atoms with Gasteiger partial charge < -0.3 is 10.6 Å². The molecule has 3 aliphatic rings. The summed E-state index contributed by atoms with van der Waals surface area (Å²) in [5.74, 6) is 3.38. The summed E-state index contributed by atoms with van der Waals surface area (Å²) in [5.41, 5.74) is 0. The molecule has 17 heavy (non-hydrogen) atoms. The minimum atomic E-state index is 0.0639. The summed E-state index contributed by atoms with van der Waals surface area (Å²) in [6.45, 7) is 4.09. The lowest BCUT2D eigenvalue weighted by molar-refractivity contribution is -0.123. The van der Waals surface area contributed by atoms with E-state index in [1.165, 1.54) is 25.7 Å². The number of nitrogens with one attached hydrogen (secondary N) is 2. The van der Waals surface area contributed by atoms with Crippen molar-refractivity contribution in [2.45, 2.75) is 45.1 Å². The fourth-order valence-electron chi connectivity index (χ4n) is 3.28. The molecule has 3 nitrogen and oxygen atoms in total. The van der Waals surface area contributed by atoms with E-state index in [-0.39, 0.29) is 11.9 Å². The van der Waals surface area contributed by atoms with Gasteiger partial charge in [0.15, 0.2) is 0 Å². The molecule has 3 rings (SSSR count). The first kappa shape index (κ1) is 11.5. The van der Waals surface area contributed by atoms with Crippen LogP contribution in [0.5, 0.6) is 0 Å². The molecule has 2 atom stereocenters. The van der Waals surface area contributed by atoms with Crippen molar-refractivity contribution in [1.29, 1.82) is 0 Å². The number of hydrogen-bond acceptors (Lipinski definition) is 2. The number of amides is 1. The van der Waals surface area contributed by atoms with Crippen LogP contribution in [-0.4, -0.2) is 25.0 Å². The minimum absolute atomic E-state index is 0.0639. The molecule has 0 bridgehead atoms. The maximum Gasteiger partial charge on any atom is 0.237 e. The van der Waals surface area contributed by atoms with Gasteiger partial charge in [-0.15, -0.1) is 0 Å². The topological polar surface area (TPSA) is 41.1 Å². The normalized spacial score (nSPS) is 33.1. The summed E-state index contributed by atoms with van der Waals surface area (Å²) in [6.07, 6.45) is 6.72. The van der Waals surface area contributed by atoms with Gasteiger partial charge in [-0.2, -0.15) is 0 Å². The monoisotopic (exact) mass is 236 g/mol. The molecule has 2 unspecified atom stereocenters. The molecule has 0 aromatic carbocycles. The lowest BCUT2D eigenvalue weighted by Crippen LogP contribution is -2.45. The van der Waals surface area contributed by atoms with E-state index in [2.05, 4.69) is 17.6 Å². The van der Waals surface area contributed by atoms with Crippen LogP contribution >= 0.6 is 0 Å². The molecule has 0 aromatic heterocycles. The standard InChI is InChI=1S/C14H24N2O/c1-9-6-7-15-13(9)14(17)16-8-12(10-2-3-10)11-4-5-11/h9-13,15H,2-8H2,1H3,(H,16,17). The Morgan fingerprint density at radius 2 is 1.88 bits per heavy atom. The van der Waals surface area contributed by atoms with E-state index in [0.717, 1.165) is 37.3 Å². The Morgan fingerprint density at radius 1 is 1.24 bits per heavy atom. The van der Waals surface area contributed by atoms with Crippen LogP contribution in [0.2, 0.25) is 0 Å². The first-order chi connectivity index (χ1) is 8.25. The van der Waals surface area contributed by atoms with E-state index in [1.54, 1.807) is 0 Å². The van der Waals surface area contributed by atoms with Crippen molar-refractivity contribution < 1.29 is 4.79 Å². The number of rotatable bonds is 5. The van der Waals surface area contributed by atoms with E-state index in [4.69, 9.17) is 0 Å². The molecule has 3 fully saturated rings. The molecule has 2 aliphatic carbocycles. The van der Waals surface area contributed by atoms with Gasteiger partial charge in [-0.3, -0.25) is 4.79 Å². The Bertz CT molecular complexity index is 285. The third kappa shape index (κ3) is 2.65. The molecule has 0 spiro atoms. The van der Waals surface area contributed by atoms with Crippen LogP contribution in [0.25, 0.3) is 0 Å². The van der Waals surface area contributed by atoms with Crippen molar-refractivity contribution in [2.24, 2.45) is 23.7 Å². The summed E-state index contributed by atoms with van der Waals surface area (Å²) in [4.78, 5) is 12.1. The van der Waals surface area contributed by atoms with Gasteiger partial charge in [-0.05, 0) is 62.3 Å². The smallest absolute Gasteiger partial charge is 0.237 e. The van der Waals surface area contributed by atoms with Crippen molar-refractivity contribution in [3.8, 4) is 0 Å². The van der Waals surface area contributed by atoms with E-state index in [9.17, 15) is 4.79 Å². The van der Waals surface area contributed by atoms with Gasteiger partial charge in [0.2, 0.25) is 5.91 Å². The van der Waals surface area contributed by atoms with E-state index >= 15 is 0 Å². The molecule has 3 heteroatoms. The van der Waals surface area contributed by atoms with Crippen LogP contribution in [0.1, 0.15) is 39.0 Å². The van der Waals surface area contributed by atoms with Gasteiger partial charge in [0.05, 0.1) is 6.04 Å². The zero-order chi connectivity index (χ0) is 11.8. The number of hydrogen-bond donors (Lipinski definition) is 2. The second-order valence-electron chi connectivity index (χ2n) is 6.28. The number of carbonyl (C=O) groups is 1. The van der Waals surface area contributed by atoms with Gasteiger partial charge in [0.1, 0.15) is 0 Å². The third-order valence-electron chi connectivity index (χ3n) is 4.78. The zero-order valence-electron chi connectivity index (χ0n) is 10.7. The quantitative estimate of drug-likeness (QED) is 0.760. The Balaban J connectivity index is 1.47. The van der Waals surface area contributed by atoms with Crippen molar-refractivity contribution in [1.82, 2.24) is 10.6 Å². The van der Waals surface area contributed by atoms with E-state index in [1.807, 2.05) is 0 Å². The molecule has 1 amide bonds. The lowest BCUT2D eigenvalue weighted by Gasteiger charge is -2.20. The van der Waals surface area contributed by atoms with Crippen LogP contribution in [0.4, 0.5) is 0 Å². The fourth-order valence-corrected chi connectivity index (χ4v) is 3.28. The Hall–Kier alpha value is -0.570. The second kappa shape index (κ2) is 4.60. The highest BCUT2D eigenvalue weighted by molar-refractivity contribution is 5.82. The zero-order valence-corrected chi connectivity index (χ0v) is 10.7. The highest BCUT2D eigenvalue weighted by Gasteiger charge is 2.41. The Labute approximate surface area is 104 Å². The maximum absolute atomic E-state index is 12.1.